The summed E-state index contributed by atoms with van der Waals surface area (Å²) in [7, 11) is 0. The first kappa shape index (κ1) is 29.6. The highest BCUT2D eigenvalue weighted by atomic mass is 16.2. The summed E-state index contributed by atoms with van der Waals surface area (Å²) in [6.45, 7) is 4.17. The Morgan fingerprint density at radius 1 is 0.625 bits per heavy atom. The lowest BCUT2D eigenvalue weighted by molar-refractivity contribution is 0.0875. The number of hydrogen-bond donors (Lipinski definition) is 0. The molecule has 0 fully saturated rings. The van der Waals surface area contributed by atoms with Gasteiger partial charge in [0, 0.05) is 34.1 Å². The fourth-order valence-electron chi connectivity index (χ4n) is 7.51. The molecule has 4 aromatic rings. The van der Waals surface area contributed by atoms with Gasteiger partial charge in [-0.1, -0.05) is 146 Å². The molecule has 4 nitrogen and oxygen atoms in total. The van der Waals surface area contributed by atoms with Crippen LogP contribution in [0.15, 0.2) is 157 Å². The van der Waals surface area contributed by atoms with Crippen molar-refractivity contribution in [2.75, 3.05) is 0 Å². The van der Waals surface area contributed by atoms with E-state index in [9.17, 15) is 9.59 Å². The van der Waals surface area contributed by atoms with Gasteiger partial charge in [-0.25, -0.2) is 0 Å². The second-order valence-corrected chi connectivity index (χ2v) is 12.9. The van der Waals surface area contributed by atoms with Crippen molar-refractivity contribution in [2.24, 2.45) is 11.8 Å². The molecule has 4 aliphatic rings. The quantitative estimate of drug-likeness (QED) is 0.224. The van der Waals surface area contributed by atoms with E-state index in [-0.39, 0.29) is 30.1 Å². The molecule has 2 heterocycles. The van der Waals surface area contributed by atoms with E-state index < -0.39 is 0 Å². The molecule has 4 heteroatoms. The van der Waals surface area contributed by atoms with Crippen LogP contribution >= 0.6 is 0 Å². The Morgan fingerprint density at radius 2 is 1.08 bits per heavy atom. The molecule has 234 valence electrons. The lowest BCUT2D eigenvalue weighted by atomic mass is 9.92. The molecule has 0 amide bonds. The lowest BCUT2D eigenvalue weighted by Crippen LogP contribution is -2.23. The normalized spacial score (nSPS) is 17.5. The Kier molecular flexibility index (Phi) is 7.49. The zero-order valence-corrected chi connectivity index (χ0v) is 27.1. The van der Waals surface area contributed by atoms with Crippen molar-refractivity contribution >= 4 is 44.8 Å². The first-order valence-corrected chi connectivity index (χ1v) is 16.7. The van der Waals surface area contributed by atoms with E-state index >= 15 is 0 Å². The van der Waals surface area contributed by atoms with Gasteiger partial charge in [0.1, 0.15) is 0 Å². The zero-order chi connectivity index (χ0) is 32.8. The van der Waals surface area contributed by atoms with E-state index in [4.69, 9.17) is 0 Å². The molecule has 2 aromatic heterocycles. The van der Waals surface area contributed by atoms with Gasteiger partial charge < -0.3 is 0 Å². The van der Waals surface area contributed by atoms with Gasteiger partial charge in [0.25, 0.3) is 0 Å². The van der Waals surface area contributed by atoms with Gasteiger partial charge >= 0.3 is 0 Å². The summed E-state index contributed by atoms with van der Waals surface area (Å²) in [6.07, 6.45) is 33.7. The third-order valence-electron chi connectivity index (χ3n) is 9.88. The van der Waals surface area contributed by atoms with Crippen molar-refractivity contribution in [3.8, 4) is 0 Å². The number of carbonyl (C=O) groups is 2. The van der Waals surface area contributed by atoms with Crippen LogP contribution in [0, 0.1) is 22.5 Å². The molecule has 0 radical (unpaired) electrons. The maximum absolute atomic E-state index is 14.8. The fourth-order valence-corrected chi connectivity index (χ4v) is 7.51. The Bertz CT molecular complexity index is 2510. The molecule has 0 bridgehead atoms. The molecule has 2 aromatic carbocycles. The van der Waals surface area contributed by atoms with Crippen LogP contribution in [0.5, 0.6) is 0 Å². The zero-order valence-electron chi connectivity index (χ0n) is 27.1. The average molecular weight is 625 g/mol. The van der Waals surface area contributed by atoms with Gasteiger partial charge in [-0.15, -0.1) is 0 Å². The van der Waals surface area contributed by atoms with Gasteiger partial charge in [-0.3, -0.25) is 18.7 Å². The van der Waals surface area contributed by atoms with Gasteiger partial charge in [0.05, 0.1) is 21.7 Å². The number of nitrogens with zero attached hydrogens (tertiary/aromatic N) is 2. The van der Waals surface area contributed by atoms with Crippen LogP contribution < -0.4 is 10.4 Å². The highest BCUT2D eigenvalue weighted by Crippen LogP contribution is 2.26. The standard InChI is InChI=1S/C44H36N2O2/c1-29(31-15-3-4-16-31)27-39(47)45-37-25-13-11-23-35(37)41(33-19-7-8-20-33)43(45)44-42(34-21-9-10-22-34)36-24-12-14-26-38(36)46(44)40(48)28-30(2)32-17-5-6-18-32/h3-26,29,31H,27-28H2,1-2H3/b44-43-. The van der Waals surface area contributed by atoms with E-state index in [1.807, 2.05) is 101 Å². The maximum Gasteiger partial charge on any atom is 0.235 e. The molecule has 0 spiro atoms. The summed E-state index contributed by atoms with van der Waals surface area (Å²) in [4.78, 5) is 29.7. The number of aromatic nitrogens is 2. The van der Waals surface area contributed by atoms with E-state index in [0.717, 1.165) is 65.2 Å². The van der Waals surface area contributed by atoms with Crippen LogP contribution in [0.25, 0.3) is 33.0 Å². The fraction of sp³-hybridized carbons (Fsp3) is 0.136. The average Bonchev–Trinajstić information content (AvgIpc) is 3.93. The van der Waals surface area contributed by atoms with Gasteiger partial charge in [0.2, 0.25) is 11.8 Å². The molecule has 0 N–H and O–H groups in total. The van der Waals surface area contributed by atoms with Crippen molar-refractivity contribution in [1.82, 2.24) is 9.13 Å². The Hall–Kier alpha value is -5.74. The van der Waals surface area contributed by atoms with Gasteiger partial charge in [-0.2, -0.15) is 0 Å². The SMILES string of the molecule is CC(CC(=O)n1/c(=c2/c(=C3C=CC=C3)c3ccccc3n2C(=O)CC(C)C2C=CC=C2)c(=C2C=CC=C2)c2ccccc21)=C1C=CC=C1. The second kappa shape index (κ2) is 12.1. The predicted molar refractivity (Wildman–Crippen MR) is 197 cm³/mol. The minimum atomic E-state index is -0.0370. The number of para-hydroxylation sites is 2. The van der Waals surface area contributed by atoms with E-state index in [1.165, 1.54) is 0 Å². The molecule has 1 atom stereocenters. The van der Waals surface area contributed by atoms with E-state index in [1.54, 1.807) is 0 Å². The topological polar surface area (TPSA) is 44.0 Å². The summed E-state index contributed by atoms with van der Waals surface area (Å²) in [6, 6.07) is 16.3. The van der Waals surface area contributed by atoms with Crippen molar-refractivity contribution in [1.29, 1.82) is 0 Å². The molecule has 0 saturated heterocycles. The van der Waals surface area contributed by atoms with E-state index in [2.05, 4.69) is 67.7 Å². The second-order valence-electron chi connectivity index (χ2n) is 12.9. The molecule has 1 unspecified atom stereocenters. The molecule has 0 aliphatic heterocycles. The third-order valence-corrected chi connectivity index (χ3v) is 9.88. The van der Waals surface area contributed by atoms with Crippen molar-refractivity contribution in [2.45, 2.75) is 26.7 Å². The summed E-state index contributed by atoms with van der Waals surface area (Å²) in [5, 5.41) is 5.37. The number of rotatable bonds is 5. The van der Waals surface area contributed by atoms with Gasteiger partial charge in [-0.05, 0) is 47.6 Å². The molecule has 4 aliphatic carbocycles. The molecule has 0 saturated carbocycles. The Morgan fingerprint density at radius 3 is 1.60 bits per heavy atom. The largest absolute Gasteiger partial charge is 0.278 e. The first-order chi connectivity index (χ1) is 23.5. The molecular weight excluding hydrogens is 588 g/mol. The molecular formula is C44H36N2O2. The number of fused-ring (bicyclic) bond motifs is 2. The van der Waals surface area contributed by atoms with Crippen molar-refractivity contribution in [3.63, 3.8) is 0 Å². The Balaban J connectivity index is 1.59. The minimum absolute atomic E-state index is 0.0115. The lowest BCUT2D eigenvalue weighted by Gasteiger charge is -2.16. The van der Waals surface area contributed by atoms with E-state index in [0.29, 0.717) is 6.42 Å². The van der Waals surface area contributed by atoms with Crippen LogP contribution in [-0.2, 0) is 0 Å². The monoisotopic (exact) mass is 624 g/mol. The number of allylic oxidation sites excluding steroid dienone is 18. The summed E-state index contributed by atoms with van der Waals surface area (Å²) < 4.78 is 3.80. The summed E-state index contributed by atoms with van der Waals surface area (Å²) in [5.74, 6) is 0.284. The summed E-state index contributed by atoms with van der Waals surface area (Å²) >= 11 is 0. The van der Waals surface area contributed by atoms with Crippen LogP contribution in [0.2, 0.25) is 0 Å². The van der Waals surface area contributed by atoms with Crippen molar-refractivity contribution in [3.05, 3.63) is 178 Å². The minimum Gasteiger partial charge on any atom is -0.278 e. The molecule has 48 heavy (non-hydrogen) atoms. The molecule has 8 rings (SSSR count). The van der Waals surface area contributed by atoms with Crippen LogP contribution in [0.1, 0.15) is 36.3 Å². The number of carbonyl (C=O) groups excluding carboxylic acids is 2. The maximum atomic E-state index is 14.8. The number of benzene rings is 2. The van der Waals surface area contributed by atoms with Crippen LogP contribution in [-0.4, -0.2) is 20.9 Å². The van der Waals surface area contributed by atoms with Gasteiger partial charge in [0.15, 0.2) is 0 Å². The first-order valence-electron chi connectivity index (χ1n) is 16.7. The van der Waals surface area contributed by atoms with Crippen LogP contribution in [0.3, 0.4) is 0 Å². The highest BCUT2D eigenvalue weighted by molar-refractivity contribution is 5.98. The smallest absolute Gasteiger partial charge is 0.235 e. The third kappa shape index (κ3) is 4.92. The van der Waals surface area contributed by atoms with Crippen molar-refractivity contribution < 1.29 is 9.59 Å². The summed E-state index contributed by atoms with van der Waals surface area (Å²) in [5.41, 5.74) is 5.76. The predicted octanol–water partition coefficient (Wildman–Crippen LogP) is 8.32. The van der Waals surface area contributed by atoms with Crippen LogP contribution in [0.4, 0.5) is 0 Å². The highest BCUT2D eigenvalue weighted by Gasteiger charge is 2.25. The Labute approximate surface area is 279 Å². The number of hydrogen-bond acceptors (Lipinski definition) is 2.